The summed E-state index contributed by atoms with van der Waals surface area (Å²) in [6.45, 7) is 2.29. The molecule has 2 rings (SSSR count). The Morgan fingerprint density at radius 3 is 2.80 bits per heavy atom. The molecular weight excluding hydrogens is 278 g/mol. The third-order valence-corrected chi connectivity index (χ3v) is 3.96. The molecule has 0 aromatic carbocycles. The minimum Gasteiger partial charge on any atom is -0.478 e. The normalized spacial score (nSPS) is 15.9. The van der Waals surface area contributed by atoms with Gasteiger partial charge in [0.25, 0.3) is 5.91 Å². The van der Waals surface area contributed by atoms with Gasteiger partial charge in [0.05, 0.1) is 17.7 Å². The lowest BCUT2D eigenvalue weighted by Gasteiger charge is -2.42. The number of hydrogen-bond acceptors (Lipinski definition) is 4. The van der Waals surface area contributed by atoms with Crippen molar-refractivity contribution in [3.63, 3.8) is 0 Å². The van der Waals surface area contributed by atoms with Crippen LogP contribution in [-0.4, -0.2) is 35.0 Å². The van der Waals surface area contributed by atoms with Gasteiger partial charge in [0.1, 0.15) is 5.54 Å². The van der Waals surface area contributed by atoms with Gasteiger partial charge >= 0.3 is 0 Å². The van der Waals surface area contributed by atoms with Gasteiger partial charge in [0.2, 0.25) is 5.88 Å². The molecule has 0 N–H and O–H groups in total. The zero-order valence-corrected chi connectivity index (χ0v) is 12.3. The van der Waals surface area contributed by atoms with Crippen LogP contribution in [0.5, 0.6) is 5.88 Å². The maximum atomic E-state index is 12.5. The van der Waals surface area contributed by atoms with E-state index in [4.69, 9.17) is 16.3 Å². The molecule has 0 saturated heterocycles. The van der Waals surface area contributed by atoms with Crippen molar-refractivity contribution in [1.29, 1.82) is 5.26 Å². The lowest BCUT2D eigenvalue weighted by molar-refractivity contribution is 0.0491. The summed E-state index contributed by atoms with van der Waals surface area (Å²) in [4.78, 5) is 18.1. The van der Waals surface area contributed by atoms with Crippen molar-refractivity contribution < 1.29 is 9.53 Å². The van der Waals surface area contributed by atoms with Crippen molar-refractivity contribution in [2.75, 3.05) is 13.7 Å². The Morgan fingerprint density at radius 2 is 2.30 bits per heavy atom. The van der Waals surface area contributed by atoms with E-state index in [1.54, 1.807) is 19.2 Å². The first-order chi connectivity index (χ1) is 9.54. The van der Waals surface area contributed by atoms with Gasteiger partial charge in [0.15, 0.2) is 5.69 Å². The predicted octanol–water partition coefficient (Wildman–Crippen LogP) is 2.65. The summed E-state index contributed by atoms with van der Waals surface area (Å²) < 4.78 is 5.28. The number of carbonyl (C=O) groups is 1. The molecule has 6 heteroatoms. The minimum atomic E-state index is -0.719. The SMILES string of the molecule is CCOc1ccc(Cl)c(C(=O)N(C)C2(C#N)CCC2)n1. The van der Waals surface area contributed by atoms with Gasteiger partial charge in [-0.25, -0.2) is 4.98 Å². The summed E-state index contributed by atoms with van der Waals surface area (Å²) in [7, 11) is 1.62. The summed E-state index contributed by atoms with van der Waals surface area (Å²) in [5.41, 5.74) is -0.592. The minimum absolute atomic E-state index is 0.127. The van der Waals surface area contributed by atoms with Crippen molar-refractivity contribution >= 4 is 17.5 Å². The van der Waals surface area contributed by atoms with E-state index in [0.717, 1.165) is 6.42 Å². The van der Waals surface area contributed by atoms with Crippen molar-refractivity contribution in [2.45, 2.75) is 31.7 Å². The number of ether oxygens (including phenoxy) is 1. The Balaban J connectivity index is 2.29. The summed E-state index contributed by atoms with van der Waals surface area (Å²) in [5.74, 6) is 0.00562. The van der Waals surface area contributed by atoms with Crippen LogP contribution < -0.4 is 4.74 Å². The molecule has 0 unspecified atom stereocenters. The van der Waals surface area contributed by atoms with E-state index in [-0.39, 0.29) is 16.6 Å². The van der Waals surface area contributed by atoms with Crippen molar-refractivity contribution in [1.82, 2.24) is 9.88 Å². The molecule has 1 aliphatic carbocycles. The van der Waals surface area contributed by atoms with E-state index in [9.17, 15) is 10.1 Å². The first-order valence-corrected chi connectivity index (χ1v) is 6.90. The average molecular weight is 294 g/mol. The Morgan fingerprint density at radius 1 is 1.60 bits per heavy atom. The number of nitriles is 1. The molecule has 0 aliphatic heterocycles. The van der Waals surface area contributed by atoms with E-state index in [0.29, 0.717) is 25.3 Å². The molecule has 1 aliphatic rings. The first-order valence-electron chi connectivity index (χ1n) is 6.53. The molecule has 0 bridgehead atoms. The lowest BCUT2D eigenvalue weighted by atomic mass is 9.76. The molecule has 5 nitrogen and oxygen atoms in total. The Kier molecular flexibility index (Phi) is 4.15. The Hall–Kier alpha value is -1.80. The van der Waals surface area contributed by atoms with Crippen LogP contribution in [0.4, 0.5) is 0 Å². The topological polar surface area (TPSA) is 66.2 Å². The summed E-state index contributed by atoms with van der Waals surface area (Å²) in [5, 5.41) is 9.55. The standard InChI is InChI=1S/C14H16ClN3O2/c1-3-20-11-6-5-10(15)12(17-11)13(19)18(2)14(9-16)7-4-8-14/h5-6H,3-4,7-8H2,1-2H3. The third kappa shape index (κ3) is 2.44. The third-order valence-electron chi connectivity index (χ3n) is 3.65. The number of halogens is 1. The van der Waals surface area contributed by atoms with E-state index in [1.165, 1.54) is 4.90 Å². The summed E-state index contributed by atoms with van der Waals surface area (Å²) in [6.07, 6.45) is 2.33. The highest BCUT2D eigenvalue weighted by molar-refractivity contribution is 6.33. The van der Waals surface area contributed by atoms with E-state index in [2.05, 4.69) is 11.1 Å². The Labute approximate surface area is 123 Å². The highest BCUT2D eigenvalue weighted by Crippen LogP contribution is 2.37. The van der Waals surface area contributed by atoms with Crippen LogP contribution in [-0.2, 0) is 0 Å². The number of pyridine rings is 1. The molecule has 1 heterocycles. The second-order valence-electron chi connectivity index (χ2n) is 4.77. The highest BCUT2D eigenvalue weighted by atomic mass is 35.5. The molecule has 1 saturated carbocycles. The van der Waals surface area contributed by atoms with E-state index >= 15 is 0 Å². The van der Waals surface area contributed by atoms with Crippen LogP contribution in [0, 0.1) is 11.3 Å². The molecular formula is C14H16ClN3O2. The second kappa shape index (κ2) is 5.68. The molecule has 1 aromatic rings. The van der Waals surface area contributed by atoms with Gasteiger partial charge in [-0.15, -0.1) is 0 Å². The molecule has 20 heavy (non-hydrogen) atoms. The van der Waals surface area contributed by atoms with E-state index < -0.39 is 5.54 Å². The van der Waals surface area contributed by atoms with Gasteiger partial charge in [-0.05, 0) is 32.3 Å². The molecule has 1 amide bonds. The molecule has 1 fully saturated rings. The predicted molar refractivity (Wildman–Crippen MR) is 74.7 cm³/mol. The summed E-state index contributed by atoms with van der Waals surface area (Å²) >= 11 is 6.04. The highest BCUT2D eigenvalue weighted by Gasteiger charge is 2.44. The number of amides is 1. The zero-order valence-electron chi connectivity index (χ0n) is 11.5. The zero-order chi connectivity index (χ0) is 14.8. The quantitative estimate of drug-likeness (QED) is 0.856. The van der Waals surface area contributed by atoms with E-state index in [1.807, 2.05) is 6.92 Å². The largest absolute Gasteiger partial charge is 0.478 e. The molecule has 106 valence electrons. The number of rotatable bonds is 4. The van der Waals surface area contributed by atoms with Gasteiger partial charge in [-0.3, -0.25) is 4.79 Å². The average Bonchev–Trinajstić information content (AvgIpc) is 2.39. The molecule has 0 spiro atoms. The lowest BCUT2D eigenvalue weighted by Crippen LogP contribution is -2.53. The maximum Gasteiger partial charge on any atom is 0.275 e. The van der Waals surface area contributed by atoms with Crippen molar-refractivity contribution in [3.05, 3.63) is 22.8 Å². The molecule has 0 radical (unpaired) electrons. The number of hydrogen-bond donors (Lipinski definition) is 0. The van der Waals surface area contributed by atoms with Gasteiger partial charge in [-0.1, -0.05) is 11.6 Å². The van der Waals surface area contributed by atoms with Crippen LogP contribution in [0.2, 0.25) is 5.02 Å². The fourth-order valence-corrected chi connectivity index (χ4v) is 2.38. The van der Waals surface area contributed by atoms with Crippen LogP contribution in [0.1, 0.15) is 36.7 Å². The number of carbonyl (C=O) groups excluding carboxylic acids is 1. The molecule has 0 atom stereocenters. The van der Waals surface area contributed by atoms with Gasteiger partial charge in [-0.2, -0.15) is 5.26 Å². The van der Waals surface area contributed by atoms with Crippen LogP contribution in [0.25, 0.3) is 0 Å². The second-order valence-corrected chi connectivity index (χ2v) is 5.18. The summed E-state index contributed by atoms with van der Waals surface area (Å²) in [6, 6.07) is 5.43. The van der Waals surface area contributed by atoms with Crippen LogP contribution in [0.3, 0.4) is 0 Å². The van der Waals surface area contributed by atoms with Crippen LogP contribution >= 0.6 is 11.6 Å². The van der Waals surface area contributed by atoms with Crippen LogP contribution in [0.15, 0.2) is 12.1 Å². The van der Waals surface area contributed by atoms with Crippen molar-refractivity contribution in [2.24, 2.45) is 0 Å². The fourth-order valence-electron chi connectivity index (χ4n) is 2.19. The van der Waals surface area contributed by atoms with Crippen molar-refractivity contribution in [3.8, 4) is 11.9 Å². The number of aromatic nitrogens is 1. The first kappa shape index (κ1) is 14.6. The van der Waals surface area contributed by atoms with Gasteiger partial charge in [0, 0.05) is 13.1 Å². The Bertz CT molecular complexity index is 564. The van der Waals surface area contributed by atoms with Gasteiger partial charge < -0.3 is 9.64 Å². The fraction of sp³-hybridized carbons (Fsp3) is 0.500. The number of nitrogens with zero attached hydrogens (tertiary/aromatic N) is 3. The monoisotopic (exact) mass is 293 g/mol. The maximum absolute atomic E-state index is 12.5. The smallest absolute Gasteiger partial charge is 0.275 e. The molecule has 1 aromatic heterocycles.